The monoisotopic (exact) mass is 459 g/mol. The number of phenolic OH excluding ortho intramolecular Hbond substituents is 2. The minimum Gasteiger partial charge on any atom is -0.508 e. The van der Waals surface area contributed by atoms with Crippen LogP contribution in [0, 0.1) is 10.1 Å². The predicted octanol–water partition coefficient (Wildman–Crippen LogP) is 4.01. The lowest BCUT2D eigenvalue weighted by molar-refractivity contribution is -0.383. The molecule has 1 unspecified atom stereocenters. The number of rotatable bonds is 7. The standard InChI is InChI=1S/C25H21N3O6/c1-34-18-10-6-16(7-11-18)23(27-22(30)13-15-4-8-17(29)9-5-15)20-14-21(28(32)33)19-3-2-12-26-24(19)25(20)31/h2-12,14,23,29,31H,13H2,1H3,(H,27,30). The molecule has 1 atom stereocenters. The molecular formula is C25H21N3O6. The Kier molecular flexibility index (Phi) is 6.26. The van der Waals surface area contributed by atoms with Gasteiger partial charge in [0, 0.05) is 17.8 Å². The Balaban J connectivity index is 1.80. The lowest BCUT2D eigenvalue weighted by Crippen LogP contribution is -2.30. The van der Waals surface area contributed by atoms with E-state index in [9.17, 15) is 25.1 Å². The molecule has 9 nitrogen and oxygen atoms in total. The molecule has 0 aliphatic carbocycles. The highest BCUT2D eigenvalue weighted by molar-refractivity contribution is 5.94. The van der Waals surface area contributed by atoms with Gasteiger partial charge in [0.15, 0.2) is 0 Å². The molecule has 0 saturated heterocycles. The Bertz CT molecular complexity index is 1350. The van der Waals surface area contributed by atoms with E-state index in [1.165, 1.54) is 37.6 Å². The number of nitrogens with one attached hydrogen (secondary N) is 1. The van der Waals surface area contributed by atoms with Gasteiger partial charge in [0.1, 0.15) is 22.8 Å². The average Bonchev–Trinajstić information content (AvgIpc) is 2.84. The summed E-state index contributed by atoms with van der Waals surface area (Å²) >= 11 is 0. The summed E-state index contributed by atoms with van der Waals surface area (Å²) < 4.78 is 5.20. The number of aromatic nitrogens is 1. The van der Waals surface area contributed by atoms with Crippen LogP contribution in [0.2, 0.25) is 0 Å². The molecule has 3 aromatic carbocycles. The third-order valence-corrected chi connectivity index (χ3v) is 5.44. The number of benzene rings is 3. The first-order valence-corrected chi connectivity index (χ1v) is 10.3. The minimum absolute atomic E-state index is 0.00161. The number of methoxy groups -OCH3 is 1. The van der Waals surface area contributed by atoms with E-state index >= 15 is 0 Å². The Hall–Kier alpha value is -4.66. The van der Waals surface area contributed by atoms with Crippen LogP contribution in [-0.4, -0.2) is 33.1 Å². The quantitative estimate of drug-likeness (QED) is 0.281. The Morgan fingerprint density at radius 3 is 2.47 bits per heavy atom. The van der Waals surface area contributed by atoms with Crippen LogP contribution in [0.1, 0.15) is 22.7 Å². The molecule has 34 heavy (non-hydrogen) atoms. The smallest absolute Gasteiger partial charge is 0.279 e. The van der Waals surface area contributed by atoms with Gasteiger partial charge in [-0.1, -0.05) is 24.3 Å². The largest absolute Gasteiger partial charge is 0.508 e. The van der Waals surface area contributed by atoms with Crippen molar-refractivity contribution < 1.29 is 24.7 Å². The van der Waals surface area contributed by atoms with Gasteiger partial charge in [0.2, 0.25) is 5.91 Å². The lowest BCUT2D eigenvalue weighted by atomic mass is 9.95. The zero-order valence-electron chi connectivity index (χ0n) is 18.1. The molecule has 0 radical (unpaired) electrons. The maximum Gasteiger partial charge on any atom is 0.279 e. The number of nitro groups is 1. The zero-order chi connectivity index (χ0) is 24.2. The van der Waals surface area contributed by atoms with Crippen molar-refractivity contribution >= 4 is 22.5 Å². The average molecular weight is 459 g/mol. The highest BCUT2D eigenvalue weighted by Gasteiger charge is 2.27. The third kappa shape index (κ3) is 4.58. The number of amides is 1. The number of aromatic hydroxyl groups is 2. The summed E-state index contributed by atoms with van der Waals surface area (Å²) in [5.41, 5.74) is 1.22. The first-order chi connectivity index (χ1) is 16.4. The van der Waals surface area contributed by atoms with Gasteiger partial charge in [-0.05, 0) is 47.5 Å². The van der Waals surface area contributed by atoms with Crippen LogP contribution >= 0.6 is 0 Å². The number of nitro benzene ring substituents is 1. The lowest BCUT2D eigenvalue weighted by Gasteiger charge is -2.22. The number of fused-ring (bicyclic) bond motifs is 1. The molecule has 1 amide bonds. The number of hydrogen-bond donors (Lipinski definition) is 3. The molecule has 172 valence electrons. The first-order valence-electron chi connectivity index (χ1n) is 10.3. The molecule has 0 fully saturated rings. The number of carbonyl (C=O) groups excluding carboxylic acids is 1. The van der Waals surface area contributed by atoms with E-state index in [1.807, 2.05) is 0 Å². The van der Waals surface area contributed by atoms with Crippen molar-refractivity contribution in [3.8, 4) is 17.2 Å². The van der Waals surface area contributed by atoms with Crippen molar-refractivity contribution in [2.75, 3.05) is 7.11 Å². The van der Waals surface area contributed by atoms with Crippen molar-refractivity contribution in [3.63, 3.8) is 0 Å². The number of carbonyl (C=O) groups is 1. The summed E-state index contributed by atoms with van der Waals surface area (Å²) in [7, 11) is 1.52. The predicted molar refractivity (Wildman–Crippen MR) is 125 cm³/mol. The number of pyridine rings is 1. The van der Waals surface area contributed by atoms with Gasteiger partial charge < -0.3 is 20.3 Å². The Morgan fingerprint density at radius 1 is 1.12 bits per heavy atom. The van der Waals surface area contributed by atoms with E-state index < -0.39 is 11.0 Å². The van der Waals surface area contributed by atoms with Crippen molar-refractivity contribution in [2.45, 2.75) is 12.5 Å². The zero-order valence-corrected chi connectivity index (χ0v) is 18.1. The van der Waals surface area contributed by atoms with Crippen LogP contribution in [0.15, 0.2) is 72.9 Å². The molecule has 4 rings (SSSR count). The van der Waals surface area contributed by atoms with Crippen LogP contribution < -0.4 is 10.1 Å². The van der Waals surface area contributed by atoms with Gasteiger partial charge in [-0.25, -0.2) is 0 Å². The molecule has 4 aromatic rings. The maximum atomic E-state index is 12.9. The minimum atomic E-state index is -0.902. The van der Waals surface area contributed by atoms with E-state index in [4.69, 9.17) is 4.74 Å². The highest BCUT2D eigenvalue weighted by Crippen LogP contribution is 2.39. The maximum absolute atomic E-state index is 12.9. The van der Waals surface area contributed by atoms with E-state index in [0.29, 0.717) is 16.9 Å². The summed E-state index contributed by atoms with van der Waals surface area (Å²) in [6.45, 7) is 0. The second kappa shape index (κ2) is 9.45. The fourth-order valence-corrected chi connectivity index (χ4v) is 3.75. The first kappa shape index (κ1) is 22.5. The van der Waals surface area contributed by atoms with Gasteiger partial charge in [-0.15, -0.1) is 0 Å². The van der Waals surface area contributed by atoms with Crippen molar-refractivity contribution in [3.05, 3.63) is 99.7 Å². The van der Waals surface area contributed by atoms with Gasteiger partial charge in [0.05, 0.1) is 29.9 Å². The highest BCUT2D eigenvalue weighted by atomic mass is 16.6. The Morgan fingerprint density at radius 2 is 1.82 bits per heavy atom. The molecule has 0 spiro atoms. The van der Waals surface area contributed by atoms with Gasteiger partial charge >= 0.3 is 0 Å². The molecule has 1 aromatic heterocycles. The topological polar surface area (TPSA) is 135 Å². The van der Waals surface area contributed by atoms with Crippen LogP contribution in [0.3, 0.4) is 0 Å². The van der Waals surface area contributed by atoms with E-state index in [1.54, 1.807) is 42.5 Å². The van der Waals surface area contributed by atoms with Gasteiger partial charge in [-0.2, -0.15) is 0 Å². The third-order valence-electron chi connectivity index (χ3n) is 5.44. The summed E-state index contributed by atoms with van der Waals surface area (Å²) in [4.78, 5) is 28.3. The number of non-ortho nitro benzene ring substituents is 1. The fraction of sp³-hybridized carbons (Fsp3) is 0.120. The second-order valence-electron chi connectivity index (χ2n) is 7.61. The van der Waals surface area contributed by atoms with E-state index in [2.05, 4.69) is 10.3 Å². The van der Waals surface area contributed by atoms with Gasteiger partial charge in [-0.3, -0.25) is 19.9 Å². The molecule has 0 aliphatic rings. The van der Waals surface area contributed by atoms with Crippen LogP contribution in [0.4, 0.5) is 5.69 Å². The molecule has 9 heteroatoms. The van der Waals surface area contributed by atoms with Crippen LogP contribution in [0.5, 0.6) is 17.2 Å². The van der Waals surface area contributed by atoms with Crippen molar-refractivity contribution in [2.24, 2.45) is 0 Å². The van der Waals surface area contributed by atoms with Crippen molar-refractivity contribution in [1.82, 2.24) is 10.3 Å². The van der Waals surface area contributed by atoms with Crippen molar-refractivity contribution in [1.29, 1.82) is 0 Å². The normalized spacial score (nSPS) is 11.7. The Labute approximate surface area is 194 Å². The number of phenols is 2. The SMILES string of the molecule is COc1ccc(C(NC(=O)Cc2ccc(O)cc2)c2cc([N+](=O)[O-])c3cccnc3c2O)cc1. The van der Waals surface area contributed by atoms with E-state index in [-0.39, 0.29) is 46.0 Å². The number of ether oxygens (including phenoxy) is 1. The van der Waals surface area contributed by atoms with E-state index in [0.717, 1.165) is 0 Å². The summed E-state index contributed by atoms with van der Waals surface area (Å²) in [6.07, 6.45) is 1.43. The summed E-state index contributed by atoms with van der Waals surface area (Å²) in [5, 5.41) is 35.3. The number of hydrogen-bond acceptors (Lipinski definition) is 7. The molecular weight excluding hydrogens is 438 g/mol. The summed E-state index contributed by atoms with van der Waals surface area (Å²) in [5.74, 6) is 0.0380. The van der Waals surface area contributed by atoms with Gasteiger partial charge in [0.25, 0.3) is 5.69 Å². The molecule has 0 saturated carbocycles. The summed E-state index contributed by atoms with van der Waals surface area (Å²) in [6, 6.07) is 16.4. The number of nitrogens with zero attached hydrogens (tertiary/aromatic N) is 2. The molecule has 0 bridgehead atoms. The second-order valence-corrected chi connectivity index (χ2v) is 7.61. The molecule has 1 heterocycles. The van der Waals surface area contributed by atoms with Crippen LogP contribution in [-0.2, 0) is 11.2 Å². The fourth-order valence-electron chi connectivity index (χ4n) is 3.75. The molecule has 0 aliphatic heterocycles. The van der Waals surface area contributed by atoms with Crippen LogP contribution in [0.25, 0.3) is 10.9 Å². The molecule has 3 N–H and O–H groups in total.